The average molecular weight is 200 g/mol. The van der Waals surface area contributed by atoms with Gasteiger partial charge in [0.05, 0.1) is 11.0 Å². The van der Waals surface area contributed by atoms with Crippen molar-refractivity contribution in [2.45, 2.75) is 0 Å². The van der Waals surface area contributed by atoms with Crippen molar-refractivity contribution < 1.29 is 4.39 Å². The number of fused-ring (bicyclic) bond motifs is 3. The Hall–Kier alpha value is -2.03. The number of nitrogens with two attached hydrogens (primary N) is 1. The molecule has 74 valence electrons. The molecule has 2 nitrogen and oxygen atoms in total. The summed E-state index contributed by atoms with van der Waals surface area (Å²) in [5.41, 5.74) is 1.56. The van der Waals surface area contributed by atoms with Crippen LogP contribution in [-0.4, -0.2) is 4.68 Å². The van der Waals surface area contributed by atoms with Gasteiger partial charge in [0.1, 0.15) is 5.82 Å². The second-order valence-corrected chi connectivity index (χ2v) is 3.52. The molecule has 0 atom stereocenters. The van der Waals surface area contributed by atoms with Crippen molar-refractivity contribution in [2.75, 3.05) is 5.84 Å². The van der Waals surface area contributed by atoms with E-state index >= 15 is 0 Å². The molecule has 3 aromatic rings. The first kappa shape index (κ1) is 8.29. The second-order valence-electron chi connectivity index (χ2n) is 3.52. The number of para-hydroxylation sites is 1. The van der Waals surface area contributed by atoms with E-state index in [2.05, 4.69) is 0 Å². The first-order chi connectivity index (χ1) is 7.29. The highest BCUT2D eigenvalue weighted by atomic mass is 19.1. The van der Waals surface area contributed by atoms with Crippen LogP contribution in [0.2, 0.25) is 0 Å². The molecule has 1 heterocycles. The zero-order valence-corrected chi connectivity index (χ0v) is 7.94. The van der Waals surface area contributed by atoms with E-state index in [-0.39, 0.29) is 5.82 Å². The Morgan fingerprint density at radius 1 is 0.933 bits per heavy atom. The van der Waals surface area contributed by atoms with Gasteiger partial charge in [0.15, 0.2) is 0 Å². The van der Waals surface area contributed by atoms with Crippen molar-refractivity contribution in [2.24, 2.45) is 0 Å². The third-order valence-electron chi connectivity index (χ3n) is 2.68. The lowest BCUT2D eigenvalue weighted by molar-refractivity contribution is 0.640. The van der Waals surface area contributed by atoms with Crippen molar-refractivity contribution in [1.82, 2.24) is 4.68 Å². The minimum absolute atomic E-state index is 0.229. The number of nitrogens with zero attached hydrogens (tertiary/aromatic N) is 1. The Balaban J connectivity index is 2.70. The molecule has 3 heteroatoms. The van der Waals surface area contributed by atoms with Crippen molar-refractivity contribution in [3.8, 4) is 0 Å². The van der Waals surface area contributed by atoms with Crippen molar-refractivity contribution in [3.05, 3.63) is 48.3 Å². The minimum Gasteiger partial charge on any atom is -0.339 e. The smallest absolute Gasteiger partial charge is 0.133 e. The third-order valence-corrected chi connectivity index (χ3v) is 2.68. The molecule has 3 rings (SSSR count). The molecule has 0 aliphatic carbocycles. The van der Waals surface area contributed by atoms with E-state index in [9.17, 15) is 4.39 Å². The minimum atomic E-state index is -0.229. The standard InChI is InChI=1S/C12H9FN2/c13-9-5-3-7-11-12(9)8-4-1-2-6-10(8)15(11)14/h1-7H,14H2. The Labute approximate surface area is 85.7 Å². The molecule has 0 radical (unpaired) electrons. The van der Waals surface area contributed by atoms with E-state index in [1.807, 2.05) is 30.3 Å². The highest BCUT2D eigenvalue weighted by molar-refractivity contribution is 6.08. The van der Waals surface area contributed by atoms with Crippen molar-refractivity contribution >= 4 is 21.8 Å². The molecule has 0 unspecified atom stereocenters. The normalized spacial score (nSPS) is 11.3. The largest absolute Gasteiger partial charge is 0.339 e. The Morgan fingerprint density at radius 2 is 1.67 bits per heavy atom. The number of aromatic nitrogens is 1. The fraction of sp³-hybridized carbons (Fsp3) is 0. The molecule has 15 heavy (non-hydrogen) atoms. The maximum absolute atomic E-state index is 13.7. The zero-order valence-electron chi connectivity index (χ0n) is 7.94. The van der Waals surface area contributed by atoms with Gasteiger partial charge >= 0.3 is 0 Å². The summed E-state index contributed by atoms with van der Waals surface area (Å²) in [6.45, 7) is 0. The van der Waals surface area contributed by atoms with Crippen LogP contribution in [0.25, 0.3) is 21.8 Å². The molecule has 0 spiro atoms. The predicted molar refractivity (Wildman–Crippen MR) is 59.6 cm³/mol. The summed E-state index contributed by atoms with van der Waals surface area (Å²) in [6.07, 6.45) is 0. The van der Waals surface area contributed by atoms with Crippen LogP contribution in [0.1, 0.15) is 0 Å². The third kappa shape index (κ3) is 0.973. The maximum Gasteiger partial charge on any atom is 0.133 e. The molecule has 1 aromatic heterocycles. The van der Waals surface area contributed by atoms with Crippen molar-refractivity contribution in [3.63, 3.8) is 0 Å². The number of hydrogen-bond donors (Lipinski definition) is 1. The molecule has 0 bridgehead atoms. The maximum atomic E-state index is 13.7. The monoisotopic (exact) mass is 200 g/mol. The van der Waals surface area contributed by atoms with Crippen LogP contribution in [0, 0.1) is 5.82 Å². The molecule has 0 aliphatic heterocycles. The molecule has 0 saturated heterocycles. The average Bonchev–Trinajstić information content (AvgIpc) is 2.55. The summed E-state index contributed by atoms with van der Waals surface area (Å²) in [5, 5.41) is 1.45. The summed E-state index contributed by atoms with van der Waals surface area (Å²) < 4.78 is 15.2. The van der Waals surface area contributed by atoms with Gasteiger partial charge in [-0.15, -0.1) is 0 Å². The zero-order chi connectivity index (χ0) is 10.4. The first-order valence-corrected chi connectivity index (χ1v) is 4.72. The van der Waals surface area contributed by atoms with Gasteiger partial charge < -0.3 is 5.84 Å². The van der Waals surface area contributed by atoms with Crippen molar-refractivity contribution in [1.29, 1.82) is 0 Å². The predicted octanol–water partition coefficient (Wildman–Crippen LogP) is 2.65. The molecule has 2 N–H and O–H groups in total. The van der Waals surface area contributed by atoms with Crippen LogP contribution >= 0.6 is 0 Å². The number of rotatable bonds is 0. The van der Waals surface area contributed by atoms with E-state index in [0.29, 0.717) is 5.39 Å². The van der Waals surface area contributed by atoms with Gasteiger partial charge in [0.25, 0.3) is 0 Å². The van der Waals surface area contributed by atoms with E-state index in [1.165, 1.54) is 10.7 Å². The second kappa shape index (κ2) is 2.73. The number of halogens is 1. The van der Waals surface area contributed by atoms with Crippen LogP contribution in [0.5, 0.6) is 0 Å². The quantitative estimate of drug-likeness (QED) is 0.556. The van der Waals surface area contributed by atoms with Crippen LogP contribution in [-0.2, 0) is 0 Å². The lowest BCUT2D eigenvalue weighted by Gasteiger charge is -1.96. The van der Waals surface area contributed by atoms with Gasteiger partial charge in [-0.1, -0.05) is 24.3 Å². The lowest BCUT2D eigenvalue weighted by Crippen LogP contribution is -2.06. The Morgan fingerprint density at radius 3 is 2.53 bits per heavy atom. The molecule has 2 aromatic carbocycles. The summed E-state index contributed by atoms with van der Waals surface area (Å²) in [7, 11) is 0. The summed E-state index contributed by atoms with van der Waals surface area (Å²) in [5.74, 6) is 5.66. The van der Waals surface area contributed by atoms with Gasteiger partial charge in [0.2, 0.25) is 0 Å². The van der Waals surface area contributed by atoms with Gasteiger partial charge in [-0.3, -0.25) is 4.68 Å². The SMILES string of the molecule is Nn1c2ccccc2c2c(F)cccc21. The summed E-state index contributed by atoms with van der Waals surface area (Å²) >= 11 is 0. The van der Waals surface area contributed by atoms with Gasteiger partial charge in [-0.05, 0) is 18.2 Å². The number of benzene rings is 2. The summed E-state index contributed by atoms with van der Waals surface area (Å²) in [4.78, 5) is 0. The van der Waals surface area contributed by atoms with Crippen LogP contribution in [0.15, 0.2) is 42.5 Å². The fourth-order valence-electron chi connectivity index (χ4n) is 2.01. The van der Waals surface area contributed by atoms with Crippen LogP contribution in [0.4, 0.5) is 4.39 Å². The van der Waals surface area contributed by atoms with E-state index in [0.717, 1.165) is 16.4 Å². The van der Waals surface area contributed by atoms with Crippen LogP contribution in [0.3, 0.4) is 0 Å². The molecule has 0 saturated carbocycles. The molecule has 0 fully saturated rings. The number of hydrogen-bond acceptors (Lipinski definition) is 1. The van der Waals surface area contributed by atoms with Gasteiger partial charge in [0, 0.05) is 10.8 Å². The van der Waals surface area contributed by atoms with E-state index in [1.54, 1.807) is 6.07 Å². The highest BCUT2D eigenvalue weighted by Crippen LogP contribution is 2.28. The molecule has 0 amide bonds. The Kier molecular flexibility index (Phi) is 1.51. The van der Waals surface area contributed by atoms with E-state index < -0.39 is 0 Å². The highest BCUT2D eigenvalue weighted by Gasteiger charge is 2.10. The van der Waals surface area contributed by atoms with Gasteiger partial charge in [-0.2, -0.15) is 0 Å². The number of nitrogen functional groups attached to an aromatic ring is 1. The first-order valence-electron chi connectivity index (χ1n) is 4.72. The Bertz CT molecular complexity index is 655. The summed E-state index contributed by atoms with van der Waals surface area (Å²) in [6, 6.07) is 12.5. The van der Waals surface area contributed by atoms with E-state index in [4.69, 9.17) is 5.84 Å². The lowest BCUT2D eigenvalue weighted by atomic mass is 10.1. The molecular formula is C12H9FN2. The van der Waals surface area contributed by atoms with Crippen LogP contribution < -0.4 is 5.84 Å². The van der Waals surface area contributed by atoms with Gasteiger partial charge in [-0.25, -0.2) is 4.39 Å². The molecular weight excluding hydrogens is 191 g/mol. The molecule has 0 aliphatic rings. The fourth-order valence-corrected chi connectivity index (χ4v) is 2.01. The topological polar surface area (TPSA) is 30.9 Å².